The van der Waals surface area contributed by atoms with Gasteiger partial charge in [0.05, 0.1) is 9.83 Å². The summed E-state index contributed by atoms with van der Waals surface area (Å²) in [7, 11) is 0. The normalized spacial score (nSPS) is 15.4. The molecule has 1 aliphatic rings. The second-order valence-electron chi connectivity index (χ2n) is 5.05. The molecule has 1 N–H and O–H groups in total. The Morgan fingerprint density at radius 3 is 2.73 bits per heavy atom. The van der Waals surface area contributed by atoms with Gasteiger partial charge >= 0.3 is 0 Å². The van der Waals surface area contributed by atoms with Gasteiger partial charge < -0.3 is 0 Å². The number of hydrogen-bond donors (Lipinski definition) is 1. The number of nitro groups is 1. The van der Waals surface area contributed by atoms with Crippen molar-refractivity contribution >= 4 is 51.9 Å². The summed E-state index contributed by atoms with van der Waals surface area (Å²) < 4.78 is 0.161. The third kappa shape index (κ3) is 3.76. The number of hydrazine groups is 1. The summed E-state index contributed by atoms with van der Waals surface area (Å²) in [5.74, 6) is -1.15. The molecule has 3 rings (SSSR count). The molecule has 0 saturated carbocycles. The van der Waals surface area contributed by atoms with E-state index >= 15 is 0 Å². The largest absolute Gasteiger partial charge is 0.285 e. The van der Waals surface area contributed by atoms with E-state index in [9.17, 15) is 19.7 Å². The highest BCUT2D eigenvalue weighted by molar-refractivity contribution is 8.26. The van der Waals surface area contributed by atoms with E-state index in [0.29, 0.717) is 4.91 Å². The third-order valence-electron chi connectivity index (χ3n) is 3.33. The molecule has 2 aromatic rings. The van der Waals surface area contributed by atoms with Gasteiger partial charge in [-0.1, -0.05) is 17.8 Å². The maximum absolute atomic E-state index is 12.5. The van der Waals surface area contributed by atoms with E-state index in [1.165, 1.54) is 18.2 Å². The Labute approximate surface area is 157 Å². The predicted octanol–water partition coefficient (Wildman–Crippen LogP) is 2.54. The van der Waals surface area contributed by atoms with E-state index in [0.717, 1.165) is 28.4 Å². The lowest BCUT2D eigenvalue weighted by atomic mass is 10.2. The van der Waals surface area contributed by atoms with Crippen LogP contribution in [0.15, 0.2) is 53.7 Å². The van der Waals surface area contributed by atoms with Gasteiger partial charge in [-0.05, 0) is 42.1 Å². The van der Waals surface area contributed by atoms with E-state index in [4.69, 9.17) is 12.2 Å². The minimum atomic E-state index is -0.671. The molecular weight excluding hydrogens is 376 g/mol. The highest BCUT2D eigenvalue weighted by Crippen LogP contribution is 2.31. The smallest absolute Gasteiger partial charge is 0.267 e. The van der Waals surface area contributed by atoms with E-state index in [-0.39, 0.29) is 15.6 Å². The molecule has 0 radical (unpaired) electrons. The van der Waals surface area contributed by atoms with Gasteiger partial charge in [0.25, 0.3) is 17.5 Å². The third-order valence-corrected chi connectivity index (χ3v) is 4.63. The summed E-state index contributed by atoms with van der Waals surface area (Å²) >= 11 is 6.19. The topological polar surface area (TPSA) is 105 Å². The summed E-state index contributed by atoms with van der Waals surface area (Å²) in [5, 5.41) is 11.8. The second kappa shape index (κ2) is 7.42. The summed E-state index contributed by atoms with van der Waals surface area (Å²) in [6.45, 7) is 0. The summed E-state index contributed by atoms with van der Waals surface area (Å²) in [6, 6.07) is 8.66. The number of nitrogens with one attached hydrogen (secondary N) is 1. The van der Waals surface area contributed by atoms with Gasteiger partial charge in [0, 0.05) is 30.1 Å². The number of nitro benzene ring substituents is 1. The van der Waals surface area contributed by atoms with Gasteiger partial charge in [0.1, 0.15) is 0 Å². The van der Waals surface area contributed by atoms with Crippen LogP contribution in [0.2, 0.25) is 0 Å². The second-order valence-corrected chi connectivity index (χ2v) is 6.72. The van der Waals surface area contributed by atoms with Crippen molar-refractivity contribution in [1.29, 1.82) is 0 Å². The number of nitrogens with zero attached hydrogens (tertiary/aromatic N) is 3. The minimum Gasteiger partial charge on any atom is -0.267 e. The van der Waals surface area contributed by atoms with Crippen molar-refractivity contribution in [2.24, 2.45) is 0 Å². The van der Waals surface area contributed by atoms with Crippen molar-refractivity contribution in [2.75, 3.05) is 0 Å². The van der Waals surface area contributed by atoms with Crippen molar-refractivity contribution in [2.45, 2.75) is 0 Å². The van der Waals surface area contributed by atoms with Crippen LogP contribution in [-0.4, -0.2) is 31.1 Å². The standard InChI is InChI=1S/C16H10N4O4S2/c21-14(11-2-1-3-12(9-11)20(23)24)18-19-15(22)13(26-16(19)25)8-10-4-6-17-7-5-10/h1-9H,(H,18,21)/b13-8-. The molecule has 10 heteroatoms. The molecule has 1 fully saturated rings. The number of aromatic nitrogens is 1. The zero-order valence-electron chi connectivity index (χ0n) is 13.0. The summed E-state index contributed by atoms with van der Waals surface area (Å²) in [5.41, 5.74) is 2.98. The Morgan fingerprint density at radius 1 is 1.31 bits per heavy atom. The number of carbonyl (C=O) groups excluding carboxylic acids is 2. The van der Waals surface area contributed by atoms with Crippen molar-refractivity contribution in [1.82, 2.24) is 15.4 Å². The Kier molecular flexibility index (Phi) is 5.05. The van der Waals surface area contributed by atoms with Crippen molar-refractivity contribution in [3.05, 3.63) is 74.9 Å². The zero-order chi connectivity index (χ0) is 18.7. The van der Waals surface area contributed by atoms with E-state index < -0.39 is 16.7 Å². The number of thiocarbonyl (C=S) groups is 1. The van der Waals surface area contributed by atoms with Crippen LogP contribution < -0.4 is 5.43 Å². The lowest BCUT2D eigenvalue weighted by Gasteiger charge is -2.15. The molecule has 130 valence electrons. The van der Waals surface area contributed by atoms with Crippen LogP contribution in [-0.2, 0) is 4.79 Å². The predicted molar refractivity (Wildman–Crippen MR) is 99.8 cm³/mol. The van der Waals surface area contributed by atoms with Crippen LogP contribution in [0.1, 0.15) is 15.9 Å². The number of rotatable bonds is 4. The first-order valence-electron chi connectivity index (χ1n) is 7.19. The van der Waals surface area contributed by atoms with Crippen molar-refractivity contribution < 1.29 is 14.5 Å². The lowest BCUT2D eigenvalue weighted by Crippen LogP contribution is -2.44. The Morgan fingerprint density at radius 2 is 2.04 bits per heavy atom. The van der Waals surface area contributed by atoms with Gasteiger partial charge in [0.2, 0.25) is 0 Å². The van der Waals surface area contributed by atoms with Gasteiger partial charge in [-0.15, -0.1) is 0 Å². The van der Waals surface area contributed by atoms with Crippen LogP contribution in [0.25, 0.3) is 6.08 Å². The first kappa shape index (κ1) is 17.7. The molecule has 1 saturated heterocycles. The van der Waals surface area contributed by atoms with Gasteiger partial charge in [-0.25, -0.2) is 0 Å². The maximum Gasteiger partial charge on any atom is 0.285 e. The Hall–Kier alpha value is -3.11. The number of hydrogen-bond acceptors (Lipinski definition) is 7. The quantitative estimate of drug-likeness (QED) is 0.372. The fourth-order valence-electron chi connectivity index (χ4n) is 2.10. The molecule has 2 amide bonds. The van der Waals surface area contributed by atoms with Gasteiger partial charge in [-0.3, -0.25) is 30.1 Å². The average molecular weight is 386 g/mol. The van der Waals surface area contributed by atoms with Crippen LogP contribution in [0.5, 0.6) is 0 Å². The molecule has 1 aromatic carbocycles. The molecule has 26 heavy (non-hydrogen) atoms. The molecule has 0 unspecified atom stereocenters. The molecule has 1 aliphatic heterocycles. The van der Waals surface area contributed by atoms with Crippen LogP contribution in [0, 0.1) is 10.1 Å². The molecule has 0 atom stereocenters. The minimum absolute atomic E-state index is 0.0476. The molecule has 0 aliphatic carbocycles. The highest BCUT2D eigenvalue weighted by atomic mass is 32.2. The van der Waals surface area contributed by atoms with E-state index in [1.807, 2.05) is 0 Å². The number of pyridine rings is 1. The summed E-state index contributed by atoms with van der Waals surface area (Å²) in [6.07, 6.45) is 4.83. The van der Waals surface area contributed by atoms with Crippen LogP contribution in [0.4, 0.5) is 5.69 Å². The zero-order valence-corrected chi connectivity index (χ0v) is 14.6. The molecule has 2 heterocycles. The van der Waals surface area contributed by atoms with Crippen LogP contribution >= 0.6 is 24.0 Å². The molecule has 0 bridgehead atoms. The van der Waals surface area contributed by atoms with Gasteiger partial charge in [0.15, 0.2) is 4.32 Å². The number of non-ortho nitro benzene ring substituents is 1. The number of carbonyl (C=O) groups is 2. The lowest BCUT2D eigenvalue weighted by molar-refractivity contribution is -0.384. The van der Waals surface area contributed by atoms with Crippen LogP contribution in [0.3, 0.4) is 0 Å². The Balaban J connectivity index is 1.78. The first-order valence-corrected chi connectivity index (χ1v) is 8.41. The highest BCUT2D eigenvalue weighted by Gasteiger charge is 2.33. The monoisotopic (exact) mass is 386 g/mol. The number of amides is 2. The van der Waals surface area contributed by atoms with Crippen molar-refractivity contribution in [3.8, 4) is 0 Å². The molecule has 0 spiro atoms. The molecule has 1 aromatic heterocycles. The number of benzene rings is 1. The fraction of sp³-hybridized carbons (Fsp3) is 0. The summed E-state index contributed by atoms with van der Waals surface area (Å²) in [4.78, 5) is 39.2. The van der Waals surface area contributed by atoms with E-state index in [2.05, 4.69) is 10.4 Å². The molecule has 8 nitrogen and oxygen atoms in total. The Bertz CT molecular complexity index is 946. The van der Waals surface area contributed by atoms with Crippen molar-refractivity contribution in [3.63, 3.8) is 0 Å². The van der Waals surface area contributed by atoms with Gasteiger partial charge in [-0.2, -0.15) is 5.01 Å². The fourth-order valence-corrected chi connectivity index (χ4v) is 3.28. The first-order chi connectivity index (χ1) is 12.5. The number of thioether (sulfide) groups is 1. The average Bonchev–Trinajstić information content (AvgIpc) is 2.90. The molecular formula is C16H10N4O4S2. The maximum atomic E-state index is 12.5. The SMILES string of the molecule is O=C(NN1C(=O)/C(=C/c2ccncc2)SC1=S)c1cccc([N+](=O)[O-])c1. The van der Waals surface area contributed by atoms with E-state index in [1.54, 1.807) is 30.6 Å².